The van der Waals surface area contributed by atoms with Crippen LogP contribution in [0.15, 0.2) is 4.63 Å². The normalized spacial score (nSPS) is 9.92. The van der Waals surface area contributed by atoms with Gasteiger partial charge in [-0.3, -0.25) is 4.79 Å². The molecule has 13 heavy (non-hydrogen) atoms. The molecule has 0 aromatic carbocycles. The van der Waals surface area contributed by atoms with Crippen LogP contribution in [0.2, 0.25) is 0 Å². The Bertz CT molecular complexity index is 284. The first-order chi connectivity index (χ1) is 6.25. The number of carbonyl (C=O) groups excluding carboxylic acids is 1. The van der Waals surface area contributed by atoms with Gasteiger partial charge in [0.05, 0.1) is 0 Å². The van der Waals surface area contributed by atoms with E-state index in [0.717, 1.165) is 0 Å². The summed E-state index contributed by atoms with van der Waals surface area (Å²) in [7, 11) is 0. The maximum atomic E-state index is 11.2. The Hall–Kier alpha value is -1.63. The van der Waals surface area contributed by atoms with Crippen LogP contribution >= 0.6 is 0 Å². The van der Waals surface area contributed by atoms with Crippen LogP contribution in [0.1, 0.15) is 16.9 Å². The standard InChI is InChI=1S/C6H11N5O2/c7-2-1-3-9-6(12)4-5(8)11-13-10-4/h1-3,7H2,(H2,8,11)(H,9,12). The number of aromatic nitrogens is 2. The lowest BCUT2D eigenvalue weighted by Crippen LogP contribution is -2.26. The van der Waals surface area contributed by atoms with Crippen LogP contribution in [0.25, 0.3) is 0 Å². The molecule has 0 saturated carbocycles. The Labute approximate surface area is 74.4 Å². The van der Waals surface area contributed by atoms with E-state index in [0.29, 0.717) is 19.5 Å². The SMILES string of the molecule is NCCCNC(=O)c1nonc1N. The van der Waals surface area contributed by atoms with Gasteiger partial charge in [0.2, 0.25) is 11.5 Å². The van der Waals surface area contributed by atoms with E-state index in [2.05, 4.69) is 20.3 Å². The number of rotatable bonds is 4. The molecule has 1 aromatic rings. The minimum Gasteiger partial charge on any atom is -0.379 e. The fourth-order valence-electron chi connectivity index (χ4n) is 0.741. The summed E-state index contributed by atoms with van der Waals surface area (Å²) >= 11 is 0. The van der Waals surface area contributed by atoms with Crippen LogP contribution in [0.4, 0.5) is 5.82 Å². The largest absolute Gasteiger partial charge is 0.379 e. The minimum absolute atomic E-state index is 0.00903. The zero-order valence-corrected chi connectivity index (χ0v) is 6.99. The Morgan fingerprint density at radius 2 is 2.31 bits per heavy atom. The van der Waals surface area contributed by atoms with Gasteiger partial charge >= 0.3 is 0 Å². The van der Waals surface area contributed by atoms with E-state index in [1.807, 2.05) is 0 Å². The van der Waals surface area contributed by atoms with Crippen molar-refractivity contribution in [3.63, 3.8) is 0 Å². The van der Waals surface area contributed by atoms with Gasteiger partial charge in [0.25, 0.3) is 5.91 Å². The maximum absolute atomic E-state index is 11.2. The third kappa shape index (κ3) is 2.41. The number of hydrogen-bond donors (Lipinski definition) is 3. The van der Waals surface area contributed by atoms with Crippen LogP contribution in [0, 0.1) is 0 Å². The Morgan fingerprint density at radius 1 is 1.54 bits per heavy atom. The number of anilines is 1. The van der Waals surface area contributed by atoms with Crippen LogP contribution in [0.5, 0.6) is 0 Å². The molecule has 0 aliphatic heterocycles. The number of nitrogens with zero attached hydrogens (tertiary/aromatic N) is 2. The predicted molar refractivity (Wildman–Crippen MR) is 44.7 cm³/mol. The maximum Gasteiger partial charge on any atom is 0.277 e. The molecular weight excluding hydrogens is 174 g/mol. The number of nitrogens with two attached hydrogens (primary N) is 2. The molecule has 72 valence electrons. The summed E-state index contributed by atoms with van der Waals surface area (Å²) < 4.78 is 4.26. The van der Waals surface area contributed by atoms with Crippen molar-refractivity contribution in [1.82, 2.24) is 15.6 Å². The third-order valence-corrected chi connectivity index (χ3v) is 1.40. The van der Waals surface area contributed by atoms with Crippen molar-refractivity contribution in [1.29, 1.82) is 0 Å². The fourth-order valence-corrected chi connectivity index (χ4v) is 0.741. The number of amides is 1. The Kier molecular flexibility index (Phi) is 3.21. The second kappa shape index (κ2) is 4.41. The van der Waals surface area contributed by atoms with Gasteiger partial charge in [-0.05, 0) is 23.3 Å². The zero-order chi connectivity index (χ0) is 9.68. The molecule has 1 amide bonds. The topological polar surface area (TPSA) is 120 Å². The first kappa shape index (κ1) is 9.46. The molecular formula is C6H11N5O2. The van der Waals surface area contributed by atoms with Crippen molar-refractivity contribution in [3.05, 3.63) is 5.69 Å². The second-order valence-corrected chi connectivity index (χ2v) is 2.40. The van der Waals surface area contributed by atoms with Crippen LogP contribution in [-0.4, -0.2) is 29.3 Å². The van der Waals surface area contributed by atoms with Crippen LogP contribution in [0.3, 0.4) is 0 Å². The van der Waals surface area contributed by atoms with E-state index in [1.165, 1.54) is 0 Å². The predicted octanol–water partition coefficient (Wildman–Crippen LogP) is -1.27. The van der Waals surface area contributed by atoms with Crippen molar-refractivity contribution in [2.24, 2.45) is 5.73 Å². The average Bonchev–Trinajstić information content (AvgIpc) is 2.52. The molecule has 0 aliphatic carbocycles. The van der Waals surface area contributed by atoms with Crippen molar-refractivity contribution in [2.45, 2.75) is 6.42 Å². The van der Waals surface area contributed by atoms with Gasteiger partial charge in [-0.1, -0.05) is 0 Å². The van der Waals surface area contributed by atoms with Crippen LogP contribution in [-0.2, 0) is 0 Å². The summed E-state index contributed by atoms with van der Waals surface area (Å²) in [4.78, 5) is 11.2. The lowest BCUT2D eigenvalue weighted by atomic mass is 10.3. The van der Waals surface area contributed by atoms with E-state index in [1.54, 1.807) is 0 Å². The van der Waals surface area contributed by atoms with Crippen molar-refractivity contribution >= 4 is 11.7 Å². The highest BCUT2D eigenvalue weighted by atomic mass is 16.6. The smallest absolute Gasteiger partial charge is 0.277 e. The van der Waals surface area contributed by atoms with Gasteiger partial charge < -0.3 is 16.8 Å². The molecule has 0 unspecified atom stereocenters. The molecule has 5 N–H and O–H groups in total. The van der Waals surface area contributed by atoms with Gasteiger partial charge in [0.15, 0.2) is 0 Å². The highest BCUT2D eigenvalue weighted by Gasteiger charge is 2.14. The van der Waals surface area contributed by atoms with Gasteiger partial charge in [-0.15, -0.1) is 0 Å². The summed E-state index contributed by atoms with van der Waals surface area (Å²) in [6.45, 7) is 1.01. The van der Waals surface area contributed by atoms with E-state index in [4.69, 9.17) is 11.5 Å². The molecule has 7 heteroatoms. The first-order valence-electron chi connectivity index (χ1n) is 3.82. The molecule has 0 aliphatic rings. The van der Waals surface area contributed by atoms with Gasteiger partial charge in [-0.2, -0.15) is 0 Å². The molecule has 0 spiro atoms. The van der Waals surface area contributed by atoms with E-state index >= 15 is 0 Å². The van der Waals surface area contributed by atoms with E-state index in [9.17, 15) is 4.79 Å². The average molecular weight is 185 g/mol. The monoisotopic (exact) mass is 185 g/mol. The molecule has 1 aromatic heterocycles. The number of nitrogen functional groups attached to an aromatic ring is 1. The van der Waals surface area contributed by atoms with Crippen molar-refractivity contribution < 1.29 is 9.42 Å². The fraction of sp³-hybridized carbons (Fsp3) is 0.500. The molecule has 1 heterocycles. The lowest BCUT2D eigenvalue weighted by Gasteiger charge is -1.99. The minimum atomic E-state index is -0.396. The number of hydrogen-bond acceptors (Lipinski definition) is 6. The molecule has 7 nitrogen and oxygen atoms in total. The summed E-state index contributed by atoms with van der Waals surface area (Å²) in [6, 6.07) is 0. The molecule has 0 atom stereocenters. The first-order valence-corrected chi connectivity index (χ1v) is 3.82. The molecule has 0 saturated heterocycles. The highest BCUT2D eigenvalue weighted by Crippen LogP contribution is 2.02. The lowest BCUT2D eigenvalue weighted by molar-refractivity contribution is 0.0944. The van der Waals surface area contributed by atoms with Crippen LogP contribution < -0.4 is 16.8 Å². The highest BCUT2D eigenvalue weighted by molar-refractivity contribution is 5.95. The summed E-state index contributed by atoms with van der Waals surface area (Å²) in [6.07, 6.45) is 0.705. The molecule has 1 rings (SSSR count). The quantitative estimate of drug-likeness (QED) is 0.503. The summed E-state index contributed by atoms with van der Waals surface area (Å²) in [5.41, 5.74) is 10.5. The number of carbonyl (C=O) groups is 1. The Balaban J connectivity index is 2.45. The van der Waals surface area contributed by atoms with Gasteiger partial charge in [-0.25, -0.2) is 4.63 Å². The second-order valence-electron chi connectivity index (χ2n) is 2.40. The summed E-state index contributed by atoms with van der Waals surface area (Å²) in [5, 5.41) is 9.18. The van der Waals surface area contributed by atoms with Crippen molar-refractivity contribution in [3.8, 4) is 0 Å². The van der Waals surface area contributed by atoms with Crippen molar-refractivity contribution in [2.75, 3.05) is 18.8 Å². The molecule has 0 fully saturated rings. The van der Waals surface area contributed by atoms with E-state index < -0.39 is 5.91 Å². The third-order valence-electron chi connectivity index (χ3n) is 1.40. The van der Waals surface area contributed by atoms with Gasteiger partial charge in [0, 0.05) is 6.54 Å². The van der Waals surface area contributed by atoms with E-state index in [-0.39, 0.29) is 11.5 Å². The zero-order valence-electron chi connectivity index (χ0n) is 6.99. The van der Waals surface area contributed by atoms with Gasteiger partial charge in [0.1, 0.15) is 0 Å². The summed E-state index contributed by atoms with van der Waals surface area (Å²) in [5.74, 6) is -0.405. The molecule has 0 bridgehead atoms. The number of nitrogens with one attached hydrogen (secondary N) is 1. The molecule has 0 radical (unpaired) electrons. The Morgan fingerprint density at radius 3 is 2.85 bits per heavy atom.